The van der Waals surface area contributed by atoms with Crippen LogP contribution in [0.2, 0.25) is 0 Å². The smallest absolute Gasteiger partial charge is 0.331 e. The third-order valence-electron chi connectivity index (χ3n) is 3.54. The molecule has 1 aliphatic heterocycles. The number of benzene rings is 1. The number of fused-ring (bicyclic) bond motifs is 1. The highest BCUT2D eigenvalue weighted by molar-refractivity contribution is 5.84. The molecule has 1 heterocycles. The number of hydrogen-bond acceptors (Lipinski definition) is 4. The van der Waals surface area contributed by atoms with Gasteiger partial charge in [-0.2, -0.15) is 0 Å². The summed E-state index contributed by atoms with van der Waals surface area (Å²) in [6.45, 7) is 6.30. The van der Waals surface area contributed by atoms with Gasteiger partial charge in [0.25, 0.3) is 0 Å². The molecule has 1 atom stereocenters. The summed E-state index contributed by atoms with van der Waals surface area (Å²) in [7, 11) is 0. The van der Waals surface area contributed by atoms with Crippen molar-refractivity contribution in [1.29, 1.82) is 0 Å². The van der Waals surface area contributed by atoms with Crippen LogP contribution >= 0.6 is 0 Å². The third-order valence-corrected chi connectivity index (χ3v) is 3.54. The van der Waals surface area contributed by atoms with E-state index in [-0.39, 0.29) is 12.5 Å². The standard InChI is InChI=1S/C17H21NO3/c1-5-11-18-17(15(19)20-6-2)12-16(3,4)21-14-10-8-7-9-13(14)17/h1,7-10,18H,6,11-12H2,2-4H3. The maximum Gasteiger partial charge on any atom is 0.331 e. The number of esters is 1. The molecule has 0 aliphatic carbocycles. The van der Waals surface area contributed by atoms with Gasteiger partial charge in [0.2, 0.25) is 0 Å². The lowest BCUT2D eigenvalue weighted by Gasteiger charge is -2.44. The van der Waals surface area contributed by atoms with E-state index in [9.17, 15) is 4.79 Å². The van der Waals surface area contributed by atoms with Crippen LogP contribution in [-0.4, -0.2) is 24.7 Å². The molecule has 0 saturated heterocycles. The Balaban J connectivity index is 2.56. The van der Waals surface area contributed by atoms with Crippen molar-refractivity contribution in [2.45, 2.75) is 38.3 Å². The summed E-state index contributed by atoms with van der Waals surface area (Å²) in [6, 6.07) is 7.51. The number of nitrogens with one attached hydrogen (secondary N) is 1. The molecule has 1 unspecified atom stereocenters. The van der Waals surface area contributed by atoms with E-state index in [1.54, 1.807) is 6.92 Å². The molecule has 0 spiro atoms. The number of para-hydroxylation sites is 1. The predicted octanol–water partition coefficient (Wildman–Crippen LogP) is 2.23. The Labute approximate surface area is 125 Å². The molecular weight excluding hydrogens is 266 g/mol. The molecule has 4 nitrogen and oxygen atoms in total. The zero-order chi connectivity index (χ0) is 15.5. The van der Waals surface area contributed by atoms with Gasteiger partial charge in [-0.25, -0.2) is 4.79 Å². The Hall–Kier alpha value is -1.99. The van der Waals surface area contributed by atoms with Crippen LogP contribution < -0.4 is 10.1 Å². The molecule has 0 bridgehead atoms. The van der Waals surface area contributed by atoms with Crippen molar-refractivity contribution in [2.75, 3.05) is 13.2 Å². The molecular formula is C17H21NO3. The highest BCUT2D eigenvalue weighted by atomic mass is 16.5. The van der Waals surface area contributed by atoms with Crippen molar-refractivity contribution in [1.82, 2.24) is 5.32 Å². The van der Waals surface area contributed by atoms with Crippen molar-refractivity contribution in [2.24, 2.45) is 0 Å². The highest BCUT2D eigenvalue weighted by Gasteiger charge is 2.51. The largest absolute Gasteiger partial charge is 0.487 e. The van der Waals surface area contributed by atoms with Crippen LogP contribution in [0.15, 0.2) is 24.3 Å². The number of hydrogen-bond donors (Lipinski definition) is 1. The first-order valence-corrected chi connectivity index (χ1v) is 7.09. The Bertz CT molecular complexity index is 574. The Morgan fingerprint density at radius 3 is 2.86 bits per heavy atom. The lowest BCUT2D eigenvalue weighted by Crippen LogP contribution is -2.57. The molecule has 21 heavy (non-hydrogen) atoms. The summed E-state index contributed by atoms with van der Waals surface area (Å²) in [4.78, 5) is 12.7. The van der Waals surface area contributed by atoms with Gasteiger partial charge in [-0.3, -0.25) is 5.32 Å². The lowest BCUT2D eigenvalue weighted by atomic mass is 9.77. The molecule has 1 aromatic carbocycles. The maximum absolute atomic E-state index is 12.7. The molecule has 1 aromatic rings. The van der Waals surface area contributed by atoms with Crippen molar-refractivity contribution in [3.8, 4) is 18.1 Å². The van der Waals surface area contributed by atoms with Crippen molar-refractivity contribution in [3.05, 3.63) is 29.8 Å². The average molecular weight is 287 g/mol. The first-order valence-electron chi connectivity index (χ1n) is 7.09. The quantitative estimate of drug-likeness (QED) is 0.681. The Morgan fingerprint density at radius 1 is 1.48 bits per heavy atom. The minimum Gasteiger partial charge on any atom is -0.487 e. The normalized spacial score (nSPS) is 22.6. The molecule has 2 rings (SSSR count). The number of carbonyl (C=O) groups is 1. The van der Waals surface area contributed by atoms with Gasteiger partial charge < -0.3 is 9.47 Å². The second kappa shape index (κ2) is 5.79. The second-order valence-electron chi connectivity index (χ2n) is 5.72. The Morgan fingerprint density at radius 2 is 2.19 bits per heavy atom. The van der Waals surface area contributed by atoms with Gasteiger partial charge in [0.1, 0.15) is 11.4 Å². The van der Waals surface area contributed by atoms with Crippen LogP contribution in [-0.2, 0) is 15.1 Å². The van der Waals surface area contributed by atoms with Crippen LogP contribution in [0.5, 0.6) is 5.75 Å². The van der Waals surface area contributed by atoms with Crippen LogP contribution in [0.4, 0.5) is 0 Å². The number of terminal acetylenes is 1. The zero-order valence-corrected chi connectivity index (χ0v) is 12.7. The topological polar surface area (TPSA) is 47.6 Å². The van der Waals surface area contributed by atoms with Crippen molar-refractivity contribution >= 4 is 5.97 Å². The van der Waals surface area contributed by atoms with Gasteiger partial charge in [-0.05, 0) is 26.8 Å². The van der Waals surface area contributed by atoms with Gasteiger partial charge >= 0.3 is 5.97 Å². The van der Waals surface area contributed by atoms with E-state index in [0.29, 0.717) is 18.8 Å². The monoisotopic (exact) mass is 287 g/mol. The minimum atomic E-state index is -0.972. The molecule has 112 valence electrons. The minimum absolute atomic E-state index is 0.281. The third kappa shape index (κ3) is 2.88. The van der Waals surface area contributed by atoms with Gasteiger partial charge in [0.05, 0.1) is 13.2 Å². The number of ether oxygens (including phenoxy) is 2. The van der Waals surface area contributed by atoms with Crippen LogP contribution in [0, 0.1) is 12.3 Å². The summed E-state index contributed by atoms with van der Waals surface area (Å²) < 4.78 is 11.3. The molecule has 0 amide bonds. The number of rotatable bonds is 4. The zero-order valence-electron chi connectivity index (χ0n) is 12.7. The number of carbonyl (C=O) groups excluding carboxylic acids is 1. The second-order valence-corrected chi connectivity index (χ2v) is 5.72. The highest BCUT2D eigenvalue weighted by Crippen LogP contribution is 2.44. The molecule has 1 aliphatic rings. The van der Waals surface area contributed by atoms with Crippen molar-refractivity contribution in [3.63, 3.8) is 0 Å². The van der Waals surface area contributed by atoms with E-state index >= 15 is 0 Å². The first kappa shape index (κ1) is 15.4. The van der Waals surface area contributed by atoms with Gasteiger partial charge in [-0.1, -0.05) is 24.1 Å². The summed E-state index contributed by atoms with van der Waals surface area (Å²) in [6.07, 6.45) is 5.83. The summed E-state index contributed by atoms with van der Waals surface area (Å²) >= 11 is 0. The fourth-order valence-electron chi connectivity index (χ4n) is 2.84. The lowest BCUT2D eigenvalue weighted by molar-refractivity contribution is -0.155. The SMILES string of the molecule is C#CCNC1(C(=O)OCC)CC(C)(C)Oc2ccccc21. The van der Waals surface area contributed by atoms with Gasteiger partial charge in [0, 0.05) is 12.0 Å². The fourth-order valence-corrected chi connectivity index (χ4v) is 2.84. The van der Waals surface area contributed by atoms with E-state index in [0.717, 1.165) is 5.56 Å². The fraction of sp³-hybridized carbons (Fsp3) is 0.471. The molecule has 1 N–H and O–H groups in total. The van der Waals surface area contributed by atoms with E-state index < -0.39 is 11.1 Å². The van der Waals surface area contributed by atoms with Crippen LogP contribution in [0.25, 0.3) is 0 Å². The van der Waals surface area contributed by atoms with Crippen molar-refractivity contribution < 1.29 is 14.3 Å². The summed E-state index contributed by atoms with van der Waals surface area (Å²) in [5, 5.41) is 3.19. The molecule has 0 fully saturated rings. The van der Waals surface area contributed by atoms with Crippen LogP contribution in [0.1, 0.15) is 32.8 Å². The molecule has 4 heteroatoms. The predicted molar refractivity (Wildman–Crippen MR) is 80.9 cm³/mol. The molecule has 0 saturated carbocycles. The van der Waals surface area contributed by atoms with E-state index in [1.807, 2.05) is 38.1 Å². The van der Waals surface area contributed by atoms with E-state index in [4.69, 9.17) is 15.9 Å². The Kier molecular flexibility index (Phi) is 4.24. The summed E-state index contributed by atoms with van der Waals surface area (Å²) in [5.41, 5.74) is -0.693. The van der Waals surface area contributed by atoms with Gasteiger partial charge in [-0.15, -0.1) is 6.42 Å². The van der Waals surface area contributed by atoms with Gasteiger partial charge in [0.15, 0.2) is 5.54 Å². The van der Waals surface area contributed by atoms with E-state index in [2.05, 4.69) is 11.2 Å². The maximum atomic E-state index is 12.7. The van der Waals surface area contributed by atoms with Crippen LogP contribution in [0.3, 0.4) is 0 Å². The van der Waals surface area contributed by atoms with E-state index in [1.165, 1.54) is 0 Å². The average Bonchev–Trinajstić information content (AvgIpc) is 2.43. The molecule has 0 radical (unpaired) electrons. The molecule has 0 aromatic heterocycles. The summed E-state index contributed by atoms with van der Waals surface area (Å²) in [5.74, 6) is 2.91. The first-order chi connectivity index (χ1) is 9.95.